The van der Waals surface area contributed by atoms with E-state index in [-0.39, 0.29) is 11.8 Å². The minimum Gasteiger partial charge on any atom is -0.481 e. The van der Waals surface area contributed by atoms with Gasteiger partial charge in [-0.25, -0.2) is 0 Å². The number of aliphatic carboxylic acids is 1. The summed E-state index contributed by atoms with van der Waals surface area (Å²) in [4.78, 5) is 21.6. The number of hydrogen-bond acceptors (Lipinski definition) is 2. The molecule has 4 heteroatoms. The molecule has 1 aliphatic heterocycles. The van der Waals surface area contributed by atoms with Crippen molar-refractivity contribution in [1.29, 1.82) is 0 Å². The molecule has 0 radical (unpaired) electrons. The van der Waals surface area contributed by atoms with E-state index in [4.69, 9.17) is 5.11 Å². The molecule has 12 heavy (non-hydrogen) atoms. The Morgan fingerprint density at radius 2 is 2.42 bits per heavy atom. The topological polar surface area (TPSA) is 66.4 Å². The average molecular weight is 171 g/mol. The van der Waals surface area contributed by atoms with Gasteiger partial charge in [-0.15, -0.1) is 0 Å². The van der Waals surface area contributed by atoms with Gasteiger partial charge in [-0.2, -0.15) is 0 Å². The number of nitrogens with one attached hydrogen (secondary N) is 1. The van der Waals surface area contributed by atoms with Crippen LogP contribution in [0.15, 0.2) is 0 Å². The molecule has 2 N–H and O–H groups in total. The minimum atomic E-state index is -0.997. The highest BCUT2D eigenvalue weighted by Gasteiger charge is 2.39. The minimum absolute atomic E-state index is 0.0139. The molecule has 0 aliphatic carbocycles. The number of carboxylic acid groups (broad SMARTS) is 1. The van der Waals surface area contributed by atoms with E-state index in [9.17, 15) is 9.59 Å². The summed E-state index contributed by atoms with van der Waals surface area (Å²) in [5, 5.41) is 11.3. The molecule has 1 amide bonds. The van der Waals surface area contributed by atoms with Crippen molar-refractivity contribution < 1.29 is 14.7 Å². The molecule has 0 aromatic rings. The van der Waals surface area contributed by atoms with Crippen LogP contribution in [0.3, 0.4) is 0 Å². The highest BCUT2D eigenvalue weighted by Crippen LogP contribution is 2.22. The predicted octanol–water partition coefficient (Wildman–Crippen LogP) is 0.233. The van der Waals surface area contributed by atoms with E-state index in [2.05, 4.69) is 5.32 Å². The zero-order chi connectivity index (χ0) is 9.14. The summed E-state index contributed by atoms with van der Waals surface area (Å²) in [6.45, 7) is 2.51. The molecule has 68 valence electrons. The van der Waals surface area contributed by atoms with E-state index in [0.29, 0.717) is 6.54 Å². The van der Waals surface area contributed by atoms with Gasteiger partial charge in [0.25, 0.3) is 0 Å². The lowest BCUT2D eigenvalue weighted by Crippen LogP contribution is -2.27. The number of carbonyl (C=O) groups is 2. The summed E-state index contributed by atoms with van der Waals surface area (Å²) in [6, 6.07) is 0. The van der Waals surface area contributed by atoms with Crippen molar-refractivity contribution in [3.63, 3.8) is 0 Å². The maximum Gasteiger partial charge on any atom is 0.316 e. The first-order valence-corrected chi connectivity index (χ1v) is 4.17. The molecule has 0 saturated carbocycles. The smallest absolute Gasteiger partial charge is 0.316 e. The average Bonchev–Trinajstić information content (AvgIpc) is 2.32. The van der Waals surface area contributed by atoms with Crippen molar-refractivity contribution in [2.75, 3.05) is 6.54 Å². The lowest BCUT2D eigenvalue weighted by atomic mass is 9.92. The highest BCUT2D eigenvalue weighted by molar-refractivity contribution is 5.98. The first-order valence-electron chi connectivity index (χ1n) is 4.17. The molecule has 0 bridgehead atoms. The second-order valence-corrected chi connectivity index (χ2v) is 3.11. The van der Waals surface area contributed by atoms with E-state index >= 15 is 0 Å². The Morgan fingerprint density at radius 1 is 1.75 bits per heavy atom. The van der Waals surface area contributed by atoms with Crippen LogP contribution in [0.2, 0.25) is 0 Å². The predicted molar refractivity (Wildman–Crippen MR) is 42.5 cm³/mol. The lowest BCUT2D eigenvalue weighted by Gasteiger charge is -2.10. The van der Waals surface area contributed by atoms with E-state index in [0.717, 1.165) is 12.8 Å². The van der Waals surface area contributed by atoms with Gasteiger partial charge in [0.2, 0.25) is 5.91 Å². The van der Waals surface area contributed by atoms with E-state index in [1.165, 1.54) is 0 Å². The van der Waals surface area contributed by atoms with Crippen LogP contribution in [0.4, 0.5) is 0 Å². The fourth-order valence-electron chi connectivity index (χ4n) is 1.63. The second kappa shape index (κ2) is 3.56. The van der Waals surface area contributed by atoms with Crippen LogP contribution < -0.4 is 5.32 Å². The normalized spacial score (nSPS) is 28.6. The van der Waals surface area contributed by atoms with Gasteiger partial charge in [0, 0.05) is 6.54 Å². The van der Waals surface area contributed by atoms with Gasteiger partial charge in [0.15, 0.2) is 0 Å². The van der Waals surface area contributed by atoms with Crippen LogP contribution in [0.1, 0.15) is 19.8 Å². The van der Waals surface area contributed by atoms with Crippen LogP contribution >= 0.6 is 0 Å². The zero-order valence-electron chi connectivity index (χ0n) is 7.04. The third kappa shape index (κ3) is 1.57. The summed E-state index contributed by atoms with van der Waals surface area (Å²) >= 11 is 0. The summed E-state index contributed by atoms with van der Waals surface area (Å²) < 4.78 is 0. The molecule has 1 fully saturated rings. The molecule has 1 saturated heterocycles. The molecular formula is C8H13NO3. The standard InChI is InChI=1S/C8H13NO3/c1-2-3-5-4-9-7(10)6(5)8(11)12/h5-6H,2-4H2,1H3,(H,9,10)(H,11,12)/t5?,6-/m1/s1. The van der Waals surface area contributed by atoms with Crippen molar-refractivity contribution in [3.8, 4) is 0 Å². The van der Waals surface area contributed by atoms with Crippen molar-refractivity contribution in [1.82, 2.24) is 5.32 Å². The summed E-state index contributed by atoms with van der Waals surface area (Å²) in [5.74, 6) is -2.16. The molecule has 0 aromatic carbocycles. The molecule has 2 atom stereocenters. The van der Waals surface area contributed by atoms with E-state index in [1.807, 2.05) is 6.92 Å². The van der Waals surface area contributed by atoms with Gasteiger partial charge in [0.05, 0.1) is 0 Å². The van der Waals surface area contributed by atoms with E-state index < -0.39 is 11.9 Å². The maximum atomic E-state index is 11.0. The van der Waals surface area contributed by atoms with Crippen molar-refractivity contribution in [2.45, 2.75) is 19.8 Å². The Hall–Kier alpha value is -1.06. The van der Waals surface area contributed by atoms with Crippen LogP contribution in [-0.4, -0.2) is 23.5 Å². The van der Waals surface area contributed by atoms with Gasteiger partial charge >= 0.3 is 5.97 Å². The van der Waals surface area contributed by atoms with Gasteiger partial charge in [-0.05, 0) is 12.3 Å². The molecule has 1 aliphatic rings. The highest BCUT2D eigenvalue weighted by atomic mass is 16.4. The monoisotopic (exact) mass is 171 g/mol. The zero-order valence-corrected chi connectivity index (χ0v) is 7.04. The van der Waals surface area contributed by atoms with E-state index in [1.54, 1.807) is 0 Å². The number of rotatable bonds is 3. The summed E-state index contributed by atoms with van der Waals surface area (Å²) in [7, 11) is 0. The molecular weight excluding hydrogens is 158 g/mol. The first-order chi connectivity index (χ1) is 5.66. The van der Waals surface area contributed by atoms with Crippen LogP contribution in [0.5, 0.6) is 0 Å². The fourth-order valence-corrected chi connectivity index (χ4v) is 1.63. The van der Waals surface area contributed by atoms with Crippen LogP contribution in [-0.2, 0) is 9.59 Å². The number of carboxylic acids is 1. The molecule has 0 aromatic heterocycles. The SMILES string of the molecule is CCCC1CNC(=O)[C@@H]1C(=O)O. The Morgan fingerprint density at radius 3 is 2.92 bits per heavy atom. The number of amides is 1. The van der Waals surface area contributed by atoms with Crippen molar-refractivity contribution in [3.05, 3.63) is 0 Å². The molecule has 4 nitrogen and oxygen atoms in total. The Bertz CT molecular complexity index is 202. The Balaban J connectivity index is 2.63. The third-order valence-corrected chi connectivity index (χ3v) is 2.22. The Kier molecular flexibility index (Phi) is 2.68. The molecule has 1 unspecified atom stereocenters. The van der Waals surface area contributed by atoms with Gasteiger partial charge in [-0.1, -0.05) is 13.3 Å². The van der Waals surface area contributed by atoms with Crippen LogP contribution in [0.25, 0.3) is 0 Å². The number of carbonyl (C=O) groups excluding carboxylic acids is 1. The largest absolute Gasteiger partial charge is 0.481 e. The third-order valence-electron chi connectivity index (χ3n) is 2.22. The summed E-state index contributed by atoms with van der Waals surface area (Å²) in [5.41, 5.74) is 0. The summed E-state index contributed by atoms with van der Waals surface area (Å²) in [6.07, 6.45) is 1.72. The molecule has 1 heterocycles. The number of hydrogen-bond donors (Lipinski definition) is 2. The van der Waals surface area contributed by atoms with Crippen molar-refractivity contribution in [2.24, 2.45) is 11.8 Å². The first kappa shape index (κ1) is 9.03. The van der Waals surface area contributed by atoms with Crippen LogP contribution in [0, 0.1) is 11.8 Å². The molecule has 1 rings (SSSR count). The fraction of sp³-hybridized carbons (Fsp3) is 0.750. The van der Waals surface area contributed by atoms with Gasteiger partial charge in [-0.3, -0.25) is 9.59 Å². The van der Waals surface area contributed by atoms with Gasteiger partial charge < -0.3 is 10.4 Å². The molecule has 0 spiro atoms. The van der Waals surface area contributed by atoms with Gasteiger partial charge in [0.1, 0.15) is 5.92 Å². The second-order valence-electron chi connectivity index (χ2n) is 3.11. The van der Waals surface area contributed by atoms with Crippen molar-refractivity contribution >= 4 is 11.9 Å². The maximum absolute atomic E-state index is 11.0. The quantitative estimate of drug-likeness (QED) is 0.597. The lowest BCUT2D eigenvalue weighted by molar-refractivity contribution is -0.146. The Labute approximate surface area is 71.0 Å².